The van der Waals surface area contributed by atoms with Crippen LogP contribution in [0.4, 0.5) is 5.69 Å². The Morgan fingerprint density at radius 3 is 2.48 bits per heavy atom. The third-order valence-electron chi connectivity index (χ3n) is 2.49. The maximum atomic E-state index is 11.9. The zero-order chi connectivity index (χ0) is 16.0. The molecule has 1 unspecified atom stereocenters. The van der Waals surface area contributed by atoms with Crippen molar-refractivity contribution in [3.05, 3.63) is 26.6 Å². The third kappa shape index (κ3) is 5.98. The van der Waals surface area contributed by atoms with Crippen LogP contribution in [0.2, 0.25) is 0 Å². The van der Waals surface area contributed by atoms with Crippen molar-refractivity contribution in [1.29, 1.82) is 0 Å². The van der Waals surface area contributed by atoms with Gasteiger partial charge in [0.2, 0.25) is 5.91 Å². The van der Waals surface area contributed by atoms with Gasteiger partial charge in [-0.2, -0.15) is 0 Å². The van der Waals surface area contributed by atoms with Gasteiger partial charge in [-0.1, -0.05) is 0 Å². The number of rotatable bonds is 6. The Morgan fingerprint density at radius 1 is 1.38 bits per heavy atom. The SMILES string of the molecule is COC(=O)C(N)CSCC(=O)Nc1c(Br)cc(C)cc1Br. The molecule has 0 heterocycles. The zero-order valence-electron chi connectivity index (χ0n) is 11.6. The van der Waals surface area contributed by atoms with Crippen molar-refractivity contribution in [2.24, 2.45) is 5.73 Å². The number of thioether (sulfide) groups is 1. The number of amides is 1. The number of anilines is 1. The third-order valence-corrected chi connectivity index (χ3v) is 4.80. The summed E-state index contributed by atoms with van der Waals surface area (Å²) >= 11 is 8.11. The van der Waals surface area contributed by atoms with Crippen molar-refractivity contribution in [2.45, 2.75) is 13.0 Å². The van der Waals surface area contributed by atoms with Crippen LogP contribution >= 0.6 is 43.6 Å². The van der Waals surface area contributed by atoms with Gasteiger partial charge in [0.05, 0.1) is 18.6 Å². The molecule has 8 heteroatoms. The smallest absolute Gasteiger partial charge is 0.323 e. The minimum Gasteiger partial charge on any atom is -0.468 e. The largest absolute Gasteiger partial charge is 0.468 e. The van der Waals surface area contributed by atoms with Gasteiger partial charge in [0.15, 0.2) is 0 Å². The molecule has 5 nitrogen and oxygen atoms in total. The van der Waals surface area contributed by atoms with E-state index in [1.165, 1.54) is 18.9 Å². The lowest BCUT2D eigenvalue weighted by atomic mass is 10.2. The Hall–Kier alpha value is -0.570. The molecule has 0 aromatic heterocycles. The van der Waals surface area contributed by atoms with Crippen LogP contribution < -0.4 is 11.1 Å². The fraction of sp³-hybridized carbons (Fsp3) is 0.385. The molecule has 0 bridgehead atoms. The second-order valence-corrected chi connectivity index (χ2v) is 7.04. The number of ether oxygens (including phenoxy) is 1. The van der Waals surface area contributed by atoms with Crippen molar-refractivity contribution >= 4 is 61.2 Å². The van der Waals surface area contributed by atoms with E-state index in [9.17, 15) is 9.59 Å². The summed E-state index contributed by atoms with van der Waals surface area (Å²) in [6, 6.07) is 3.12. The van der Waals surface area contributed by atoms with E-state index in [1.54, 1.807) is 0 Å². The number of carbonyl (C=O) groups excluding carboxylic acids is 2. The molecule has 0 aliphatic rings. The lowest BCUT2D eigenvalue weighted by Gasteiger charge is -2.11. The first-order chi connectivity index (χ1) is 9.85. The van der Waals surface area contributed by atoms with Crippen LogP contribution in [0.3, 0.4) is 0 Å². The summed E-state index contributed by atoms with van der Waals surface area (Å²) in [6.45, 7) is 1.96. The number of hydrogen-bond acceptors (Lipinski definition) is 5. The highest BCUT2D eigenvalue weighted by Crippen LogP contribution is 2.32. The normalized spacial score (nSPS) is 11.9. The van der Waals surface area contributed by atoms with Crippen LogP contribution in [0.15, 0.2) is 21.1 Å². The Labute approximate surface area is 144 Å². The Kier molecular flexibility index (Phi) is 7.72. The minimum absolute atomic E-state index is 0.165. The summed E-state index contributed by atoms with van der Waals surface area (Å²) in [5.74, 6) is -0.109. The van der Waals surface area contributed by atoms with Gasteiger partial charge >= 0.3 is 5.97 Å². The lowest BCUT2D eigenvalue weighted by Crippen LogP contribution is -2.34. The van der Waals surface area contributed by atoms with Crippen LogP contribution in [0.1, 0.15) is 5.56 Å². The van der Waals surface area contributed by atoms with Crippen LogP contribution in [0.5, 0.6) is 0 Å². The van der Waals surface area contributed by atoms with E-state index in [2.05, 4.69) is 41.9 Å². The van der Waals surface area contributed by atoms with Gasteiger partial charge in [-0.25, -0.2) is 0 Å². The molecule has 116 valence electrons. The molecule has 0 aliphatic heterocycles. The maximum Gasteiger partial charge on any atom is 0.323 e. The molecule has 1 aromatic carbocycles. The van der Waals surface area contributed by atoms with Gasteiger partial charge in [0.1, 0.15) is 6.04 Å². The molecular formula is C13H16Br2N2O3S. The molecule has 0 spiro atoms. The molecule has 1 rings (SSSR count). The highest BCUT2D eigenvalue weighted by atomic mass is 79.9. The quantitative estimate of drug-likeness (QED) is 0.666. The monoisotopic (exact) mass is 438 g/mol. The molecule has 0 saturated carbocycles. The summed E-state index contributed by atoms with van der Waals surface area (Å²) < 4.78 is 6.13. The van der Waals surface area contributed by atoms with E-state index in [0.717, 1.165) is 14.5 Å². The van der Waals surface area contributed by atoms with E-state index in [-0.39, 0.29) is 11.7 Å². The first-order valence-corrected chi connectivity index (χ1v) is 8.76. The average Bonchev–Trinajstić information content (AvgIpc) is 2.41. The molecule has 0 radical (unpaired) electrons. The van der Waals surface area contributed by atoms with Crippen LogP contribution in [-0.4, -0.2) is 36.5 Å². The lowest BCUT2D eigenvalue weighted by molar-refractivity contribution is -0.141. The summed E-state index contributed by atoms with van der Waals surface area (Å²) in [5.41, 5.74) is 7.35. The number of nitrogens with one attached hydrogen (secondary N) is 1. The molecule has 0 aliphatic carbocycles. The fourth-order valence-corrected chi connectivity index (χ4v) is 3.87. The van der Waals surface area contributed by atoms with Gasteiger partial charge in [0, 0.05) is 14.7 Å². The molecule has 0 saturated heterocycles. The van der Waals surface area contributed by atoms with Crippen LogP contribution in [0.25, 0.3) is 0 Å². The molecule has 3 N–H and O–H groups in total. The predicted octanol–water partition coefficient (Wildman–Crippen LogP) is 2.69. The topological polar surface area (TPSA) is 81.4 Å². The van der Waals surface area contributed by atoms with Gasteiger partial charge in [-0.15, -0.1) is 11.8 Å². The molecule has 0 fully saturated rings. The fourth-order valence-electron chi connectivity index (χ4n) is 1.49. The molecule has 1 atom stereocenters. The summed E-state index contributed by atoms with van der Waals surface area (Å²) in [5, 5.41) is 2.81. The predicted molar refractivity (Wildman–Crippen MR) is 92.5 cm³/mol. The van der Waals surface area contributed by atoms with E-state index in [0.29, 0.717) is 11.4 Å². The van der Waals surface area contributed by atoms with Crippen LogP contribution in [0, 0.1) is 6.92 Å². The summed E-state index contributed by atoms with van der Waals surface area (Å²) in [7, 11) is 1.28. The molecular weight excluding hydrogens is 424 g/mol. The van der Waals surface area contributed by atoms with Gasteiger partial charge < -0.3 is 15.8 Å². The van der Waals surface area contributed by atoms with E-state index in [1.807, 2.05) is 19.1 Å². The number of methoxy groups -OCH3 is 1. The number of benzene rings is 1. The Morgan fingerprint density at radius 2 is 1.95 bits per heavy atom. The summed E-state index contributed by atoms with van der Waals surface area (Å²) in [6.07, 6.45) is 0. The standard InChI is InChI=1S/C13H16Br2N2O3S/c1-7-3-8(14)12(9(15)4-7)17-11(18)6-21-5-10(16)13(19)20-2/h3-4,10H,5-6,16H2,1-2H3,(H,17,18). The van der Waals surface area contributed by atoms with Crippen molar-refractivity contribution in [2.75, 3.05) is 23.9 Å². The number of esters is 1. The molecule has 21 heavy (non-hydrogen) atoms. The van der Waals surface area contributed by atoms with E-state index < -0.39 is 12.0 Å². The van der Waals surface area contributed by atoms with Crippen molar-refractivity contribution in [1.82, 2.24) is 0 Å². The number of halogens is 2. The maximum absolute atomic E-state index is 11.9. The molecule has 1 amide bonds. The van der Waals surface area contributed by atoms with Gasteiger partial charge in [-0.3, -0.25) is 9.59 Å². The molecule has 1 aromatic rings. The summed E-state index contributed by atoms with van der Waals surface area (Å²) in [4.78, 5) is 23.0. The second kappa shape index (κ2) is 8.77. The Balaban J connectivity index is 2.50. The van der Waals surface area contributed by atoms with Crippen LogP contribution in [-0.2, 0) is 14.3 Å². The zero-order valence-corrected chi connectivity index (χ0v) is 15.6. The van der Waals surface area contributed by atoms with Crippen molar-refractivity contribution in [3.63, 3.8) is 0 Å². The number of hydrogen-bond donors (Lipinski definition) is 2. The highest BCUT2D eigenvalue weighted by Gasteiger charge is 2.15. The average molecular weight is 440 g/mol. The van der Waals surface area contributed by atoms with Gasteiger partial charge in [-0.05, 0) is 56.5 Å². The van der Waals surface area contributed by atoms with Crippen molar-refractivity contribution < 1.29 is 14.3 Å². The van der Waals surface area contributed by atoms with Gasteiger partial charge in [0.25, 0.3) is 0 Å². The minimum atomic E-state index is -0.717. The Bertz CT molecular complexity index is 517. The first kappa shape index (κ1) is 18.5. The highest BCUT2D eigenvalue weighted by molar-refractivity contribution is 9.11. The number of aryl methyl sites for hydroxylation is 1. The first-order valence-electron chi connectivity index (χ1n) is 6.01. The van der Waals surface area contributed by atoms with Crippen molar-refractivity contribution in [3.8, 4) is 0 Å². The van der Waals surface area contributed by atoms with E-state index in [4.69, 9.17) is 5.73 Å². The van der Waals surface area contributed by atoms with E-state index >= 15 is 0 Å². The second-order valence-electron chi connectivity index (χ2n) is 4.30. The number of carbonyl (C=O) groups is 2. The number of nitrogens with two attached hydrogens (primary N) is 1.